The minimum absolute atomic E-state index is 0.0615. The summed E-state index contributed by atoms with van der Waals surface area (Å²) in [6.45, 7) is 0.681. The number of rotatable bonds is 5. The molecule has 5 rings (SSSR count). The molecule has 1 heterocycles. The van der Waals surface area contributed by atoms with Crippen molar-refractivity contribution >= 4 is 23.7 Å². The minimum Gasteiger partial charge on any atom is -0.478 e. The largest absolute Gasteiger partial charge is 0.478 e. The van der Waals surface area contributed by atoms with E-state index in [2.05, 4.69) is 29.6 Å². The lowest BCUT2D eigenvalue weighted by molar-refractivity contribution is -0.133. The quantitative estimate of drug-likeness (QED) is 0.555. The van der Waals surface area contributed by atoms with E-state index < -0.39 is 12.1 Å². The Morgan fingerprint density at radius 1 is 0.914 bits per heavy atom. The van der Waals surface area contributed by atoms with Crippen LogP contribution in [0, 0.1) is 0 Å². The van der Waals surface area contributed by atoms with Crippen LogP contribution >= 0.6 is 0 Å². The van der Waals surface area contributed by atoms with Gasteiger partial charge in [0, 0.05) is 24.6 Å². The van der Waals surface area contributed by atoms with Crippen molar-refractivity contribution < 1.29 is 24.2 Å². The number of ether oxygens (including phenoxy) is 1. The van der Waals surface area contributed by atoms with Gasteiger partial charge in [-0.3, -0.25) is 10.1 Å². The van der Waals surface area contributed by atoms with Gasteiger partial charge < -0.3 is 14.7 Å². The van der Waals surface area contributed by atoms with E-state index in [0.29, 0.717) is 23.4 Å². The zero-order valence-corrected chi connectivity index (χ0v) is 18.9. The van der Waals surface area contributed by atoms with Gasteiger partial charge in [-0.05, 0) is 40.8 Å². The molecule has 3 aromatic carbocycles. The molecule has 0 saturated heterocycles. The first-order chi connectivity index (χ1) is 17.0. The maximum absolute atomic E-state index is 13.1. The van der Waals surface area contributed by atoms with Gasteiger partial charge in [-0.15, -0.1) is 0 Å². The van der Waals surface area contributed by atoms with Crippen molar-refractivity contribution in [3.63, 3.8) is 0 Å². The van der Waals surface area contributed by atoms with Crippen molar-refractivity contribution in [3.8, 4) is 11.1 Å². The van der Waals surface area contributed by atoms with E-state index in [-0.39, 0.29) is 31.4 Å². The van der Waals surface area contributed by atoms with E-state index in [1.807, 2.05) is 24.3 Å². The Balaban J connectivity index is 1.27. The van der Waals surface area contributed by atoms with Crippen LogP contribution in [0.5, 0.6) is 0 Å². The van der Waals surface area contributed by atoms with E-state index in [4.69, 9.17) is 9.84 Å². The van der Waals surface area contributed by atoms with Crippen molar-refractivity contribution in [2.24, 2.45) is 0 Å². The van der Waals surface area contributed by atoms with Crippen LogP contribution in [0.25, 0.3) is 11.1 Å². The van der Waals surface area contributed by atoms with Gasteiger partial charge in [-0.2, -0.15) is 0 Å². The number of amides is 2. The second kappa shape index (κ2) is 9.46. The van der Waals surface area contributed by atoms with E-state index in [0.717, 1.165) is 22.3 Å². The lowest BCUT2D eigenvalue weighted by Gasteiger charge is -2.26. The van der Waals surface area contributed by atoms with Gasteiger partial charge in [-0.25, -0.2) is 9.59 Å². The molecule has 2 N–H and O–H groups in total. The molecule has 0 spiro atoms. The van der Waals surface area contributed by atoms with Crippen LogP contribution in [-0.4, -0.2) is 47.7 Å². The first-order valence-corrected chi connectivity index (χ1v) is 11.5. The fourth-order valence-corrected chi connectivity index (χ4v) is 4.74. The molecule has 1 aliphatic heterocycles. The number of nitrogens with zero attached hydrogens (tertiary/aromatic N) is 1. The Kier molecular flexibility index (Phi) is 6.06. The predicted molar refractivity (Wildman–Crippen MR) is 131 cm³/mol. The lowest BCUT2D eigenvalue weighted by atomic mass is 9.98. The number of benzene rings is 3. The molecule has 2 aliphatic rings. The first kappa shape index (κ1) is 22.4. The zero-order valence-electron chi connectivity index (χ0n) is 18.9. The molecule has 7 nitrogen and oxygen atoms in total. The number of carboxylic acid groups (broad SMARTS) is 1. The molecule has 0 saturated carbocycles. The van der Waals surface area contributed by atoms with Crippen LogP contribution in [0.4, 0.5) is 10.5 Å². The number of hydrogen-bond donors (Lipinski definition) is 2. The van der Waals surface area contributed by atoms with Crippen LogP contribution in [0.3, 0.4) is 0 Å². The van der Waals surface area contributed by atoms with Crippen LogP contribution in [0.2, 0.25) is 0 Å². The Morgan fingerprint density at radius 2 is 1.54 bits per heavy atom. The predicted octanol–water partition coefficient (Wildman–Crippen LogP) is 4.90. The maximum Gasteiger partial charge on any atom is 0.411 e. The summed E-state index contributed by atoms with van der Waals surface area (Å²) in [6.07, 6.45) is 1.19. The zero-order chi connectivity index (χ0) is 24.4. The molecule has 35 heavy (non-hydrogen) atoms. The number of anilines is 1. The Hall–Kier alpha value is -4.39. The summed E-state index contributed by atoms with van der Waals surface area (Å²) < 4.78 is 5.61. The number of carbonyl (C=O) groups is 3. The normalized spacial score (nSPS) is 14.5. The van der Waals surface area contributed by atoms with Gasteiger partial charge in [0.25, 0.3) is 5.91 Å². The fourth-order valence-electron chi connectivity index (χ4n) is 4.74. The molecule has 3 aromatic rings. The molecule has 0 unspecified atom stereocenters. The van der Waals surface area contributed by atoms with Crippen molar-refractivity contribution in [2.45, 2.75) is 12.3 Å². The SMILES string of the molecule is O=C(Nc1ccccc1C(=O)N1CC=C(C(=O)O)CC1)OCC1c2ccccc2-c2ccccc21. The maximum atomic E-state index is 13.1. The fraction of sp³-hybridized carbons (Fsp3) is 0.179. The third kappa shape index (κ3) is 4.40. The van der Waals surface area contributed by atoms with E-state index in [9.17, 15) is 14.4 Å². The summed E-state index contributed by atoms with van der Waals surface area (Å²) in [6, 6.07) is 23.0. The number of fused-ring (bicyclic) bond motifs is 3. The first-order valence-electron chi connectivity index (χ1n) is 11.5. The third-order valence-electron chi connectivity index (χ3n) is 6.51. The number of carbonyl (C=O) groups excluding carboxylic acids is 2. The van der Waals surface area contributed by atoms with Gasteiger partial charge in [0.15, 0.2) is 0 Å². The van der Waals surface area contributed by atoms with E-state index >= 15 is 0 Å². The second-order valence-electron chi connectivity index (χ2n) is 8.53. The topological polar surface area (TPSA) is 95.9 Å². The Morgan fingerprint density at radius 3 is 2.17 bits per heavy atom. The highest BCUT2D eigenvalue weighted by Gasteiger charge is 2.29. The number of hydrogen-bond acceptors (Lipinski definition) is 4. The van der Waals surface area contributed by atoms with Crippen molar-refractivity contribution in [1.82, 2.24) is 4.90 Å². The molecule has 0 fully saturated rings. The Bertz CT molecular complexity index is 1300. The average Bonchev–Trinajstić information content (AvgIpc) is 3.21. The van der Waals surface area contributed by atoms with Crippen molar-refractivity contribution in [3.05, 3.63) is 101 Å². The molecule has 0 aromatic heterocycles. The summed E-state index contributed by atoms with van der Waals surface area (Å²) in [7, 11) is 0. The number of nitrogens with one attached hydrogen (secondary N) is 1. The standard InChI is InChI=1S/C28H24N2O5/c31-26(30-15-13-18(14-16-30)27(32)33)23-11-5-6-12-25(23)29-28(34)35-17-24-21-9-3-1-7-19(21)20-8-2-4-10-22(20)24/h1-13,24H,14-17H2,(H,29,34)(H,32,33). The molecule has 0 bridgehead atoms. The molecular weight excluding hydrogens is 444 g/mol. The summed E-state index contributed by atoms with van der Waals surface area (Å²) in [5, 5.41) is 11.8. The summed E-state index contributed by atoms with van der Waals surface area (Å²) in [5.74, 6) is -1.30. The van der Waals surface area contributed by atoms with Crippen molar-refractivity contribution in [2.75, 3.05) is 25.0 Å². The molecule has 7 heteroatoms. The van der Waals surface area contributed by atoms with Crippen LogP contribution < -0.4 is 5.32 Å². The van der Waals surface area contributed by atoms with Crippen LogP contribution in [0.15, 0.2) is 84.4 Å². The number of para-hydroxylation sites is 1. The molecule has 2 amide bonds. The van der Waals surface area contributed by atoms with Crippen LogP contribution in [0.1, 0.15) is 33.8 Å². The molecular formula is C28H24N2O5. The van der Waals surface area contributed by atoms with Gasteiger partial charge in [0.1, 0.15) is 6.61 Å². The minimum atomic E-state index is -0.963. The molecule has 0 atom stereocenters. The van der Waals surface area contributed by atoms with Gasteiger partial charge in [0.2, 0.25) is 0 Å². The van der Waals surface area contributed by atoms with E-state index in [1.54, 1.807) is 35.2 Å². The molecule has 176 valence electrons. The van der Waals surface area contributed by atoms with Gasteiger partial charge in [0.05, 0.1) is 11.3 Å². The van der Waals surface area contributed by atoms with Gasteiger partial charge in [-0.1, -0.05) is 66.7 Å². The average molecular weight is 469 g/mol. The third-order valence-corrected chi connectivity index (χ3v) is 6.51. The summed E-state index contributed by atoms with van der Waals surface area (Å²) in [4.78, 5) is 38.5. The van der Waals surface area contributed by atoms with Gasteiger partial charge >= 0.3 is 12.1 Å². The van der Waals surface area contributed by atoms with Crippen LogP contribution in [-0.2, 0) is 9.53 Å². The highest BCUT2D eigenvalue weighted by Crippen LogP contribution is 2.44. The van der Waals surface area contributed by atoms with E-state index in [1.165, 1.54) is 0 Å². The highest BCUT2D eigenvalue weighted by molar-refractivity contribution is 6.03. The monoisotopic (exact) mass is 468 g/mol. The number of carboxylic acids is 1. The van der Waals surface area contributed by atoms with Crippen molar-refractivity contribution in [1.29, 1.82) is 0 Å². The Labute approximate surface area is 202 Å². The summed E-state index contributed by atoms with van der Waals surface area (Å²) >= 11 is 0. The second-order valence-corrected chi connectivity index (χ2v) is 8.53. The molecule has 1 aliphatic carbocycles. The smallest absolute Gasteiger partial charge is 0.411 e. The molecule has 0 radical (unpaired) electrons. The number of aliphatic carboxylic acids is 1. The lowest BCUT2D eigenvalue weighted by Crippen LogP contribution is -2.36. The highest BCUT2D eigenvalue weighted by atomic mass is 16.5. The summed E-state index contributed by atoms with van der Waals surface area (Å²) in [5.41, 5.74) is 5.52.